The monoisotopic (exact) mass is 540 g/mol. The van der Waals surface area contributed by atoms with Gasteiger partial charge in [-0.15, -0.1) is 24.0 Å². The number of nitrogens with zero attached hydrogens (tertiary/aromatic N) is 2. The fraction of sp³-hybridized carbons (Fsp3) is 0.500. The molecule has 6 nitrogen and oxygen atoms in total. The summed E-state index contributed by atoms with van der Waals surface area (Å²) in [6, 6.07) is 10.4. The number of rotatable bonds is 11. The van der Waals surface area contributed by atoms with Crippen molar-refractivity contribution in [2.45, 2.75) is 40.2 Å². The Morgan fingerprint density at radius 3 is 2.61 bits per heavy atom. The molecule has 0 fully saturated rings. The van der Waals surface area contributed by atoms with Crippen LogP contribution in [0.2, 0.25) is 0 Å². The highest BCUT2D eigenvalue weighted by molar-refractivity contribution is 14.0. The van der Waals surface area contributed by atoms with Crippen LogP contribution >= 0.6 is 24.0 Å². The van der Waals surface area contributed by atoms with E-state index in [0.717, 1.165) is 35.9 Å². The number of benzene rings is 1. The molecule has 0 bridgehead atoms. The van der Waals surface area contributed by atoms with Gasteiger partial charge in [-0.25, -0.2) is 4.99 Å². The quantitative estimate of drug-likeness (QED) is 0.190. The number of guanidine groups is 1. The Bertz CT molecular complexity index is 784. The first-order valence-corrected chi connectivity index (χ1v) is 10.7. The maximum Gasteiger partial charge on any atom is 0.191 e. The second-order valence-electron chi connectivity index (χ2n) is 7.67. The molecule has 0 aliphatic heterocycles. The van der Waals surface area contributed by atoms with Crippen molar-refractivity contribution in [2.24, 2.45) is 10.9 Å². The van der Waals surface area contributed by atoms with Crippen LogP contribution in [0.4, 0.5) is 0 Å². The van der Waals surface area contributed by atoms with E-state index in [1.54, 1.807) is 7.11 Å². The third-order valence-corrected chi connectivity index (χ3v) is 4.93. The van der Waals surface area contributed by atoms with Crippen LogP contribution in [0.25, 0.3) is 0 Å². The lowest BCUT2D eigenvalue weighted by Crippen LogP contribution is -2.40. The molecule has 0 saturated heterocycles. The topological polar surface area (TPSA) is 67.8 Å². The Balaban J connectivity index is 0.00000480. The molecule has 1 atom stereocenters. The van der Waals surface area contributed by atoms with Crippen LogP contribution in [0.15, 0.2) is 47.7 Å². The number of hydrogen-bond donors (Lipinski definition) is 2. The second-order valence-corrected chi connectivity index (χ2v) is 7.67. The summed E-state index contributed by atoms with van der Waals surface area (Å²) in [5.41, 5.74) is 3.46. The standard InChI is InChI=1S/C24H36N4O2.HI/c1-6-26-24(28-17-22(18(2)3)20-8-7-11-25-15-20)27-16-21-10-9-19(4)14-23(21)30-13-12-29-5;/h7-11,14-15,18,22H,6,12-13,16-17H2,1-5H3,(H2,26,27,28);1H. The molecule has 2 rings (SSSR count). The number of halogens is 1. The van der Waals surface area contributed by atoms with Crippen LogP contribution < -0.4 is 15.4 Å². The Labute approximate surface area is 204 Å². The molecule has 1 aromatic carbocycles. The van der Waals surface area contributed by atoms with Crippen molar-refractivity contribution in [3.8, 4) is 5.75 Å². The molecule has 2 N–H and O–H groups in total. The third-order valence-electron chi connectivity index (χ3n) is 4.93. The average molecular weight is 540 g/mol. The molecule has 0 aliphatic carbocycles. The lowest BCUT2D eigenvalue weighted by molar-refractivity contribution is 0.145. The van der Waals surface area contributed by atoms with Gasteiger partial charge in [0.2, 0.25) is 0 Å². The summed E-state index contributed by atoms with van der Waals surface area (Å²) in [6.45, 7) is 11.8. The molecule has 1 heterocycles. The minimum atomic E-state index is 0. The summed E-state index contributed by atoms with van der Waals surface area (Å²) in [5.74, 6) is 2.51. The highest BCUT2D eigenvalue weighted by atomic mass is 127. The van der Waals surface area contributed by atoms with Gasteiger partial charge in [0.15, 0.2) is 5.96 Å². The molecule has 0 saturated carbocycles. The molecule has 1 aromatic heterocycles. The third kappa shape index (κ3) is 9.43. The van der Waals surface area contributed by atoms with Gasteiger partial charge in [0.1, 0.15) is 12.4 Å². The fourth-order valence-corrected chi connectivity index (χ4v) is 3.21. The number of methoxy groups -OCH3 is 1. The summed E-state index contributed by atoms with van der Waals surface area (Å²) in [6.07, 6.45) is 3.76. The predicted molar refractivity (Wildman–Crippen MR) is 139 cm³/mol. The number of hydrogen-bond acceptors (Lipinski definition) is 4. The van der Waals surface area contributed by atoms with E-state index in [9.17, 15) is 0 Å². The minimum absolute atomic E-state index is 0. The number of aliphatic imine (C=N–C) groups is 1. The zero-order valence-electron chi connectivity index (χ0n) is 19.4. The van der Waals surface area contributed by atoms with Gasteiger partial charge in [0.05, 0.1) is 13.2 Å². The molecule has 31 heavy (non-hydrogen) atoms. The molecular weight excluding hydrogens is 503 g/mol. The summed E-state index contributed by atoms with van der Waals surface area (Å²) < 4.78 is 11.0. The van der Waals surface area contributed by atoms with Crippen molar-refractivity contribution >= 4 is 29.9 Å². The molecule has 7 heteroatoms. The summed E-state index contributed by atoms with van der Waals surface area (Å²) >= 11 is 0. The zero-order chi connectivity index (χ0) is 21.8. The second kappa shape index (κ2) is 15.0. The Kier molecular flexibility index (Phi) is 13.2. The highest BCUT2D eigenvalue weighted by Gasteiger charge is 2.16. The highest BCUT2D eigenvalue weighted by Crippen LogP contribution is 2.23. The van der Waals surface area contributed by atoms with E-state index < -0.39 is 0 Å². The van der Waals surface area contributed by atoms with Crippen LogP contribution in [-0.4, -0.2) is 44.4 Å². The lowest BCUT2D eigenvalue weighted by Gasteiger charge is -2.23. The smallest absolute Gasteiger partial charge is 0.191 e. The van der Waals surface area contributed by atoms with E-state index in [4.69, 9.17) is 14.5 Å². The van der Waals surface area contributed by atoms with Gasteiger partial charge in [-0.2, -0.15) is 0 Å². The molecule has 0 amide bonds. The van der Waals surface area contributed by atoms with Crippen molar-refractivity contribution in [1.29, 1.82) is 0 Å². The molecule has 0 aliphatic rings. The predicted octanol–water partition coefficient (Wildman–Crippen LogP) is 4.53. The van der Waals surface area contributed by atoms with Gasteiger partial charge >= 0.3 is 0 Å². The summed E-state index contributed by atoms with van der Waals surface area (Å²) in [7, 11) is 1.68. The van der Waals surface area contributed by atoms with Gasteiger partial charge < -0.3 is 20.1 Å². The van der Waals surface area contributed by atoms with Crippen molar-refractivity contribution < 1.29 is 9.47 Å². The first kappa shape index (κ1) is 27.2. The normalized spacial score (nSPS) is 12.3. The van der Waals surface area contributed by atoms with Gasteiger partial charge in [0, 0.05) is 44.1 Å². The van der Waals surface area contributed by atoms with Gasteiger partial charge in [-0.3, -0.25) is 4.98 Å². The van der Waals surface area contributed by atoms with Crippen LogP contribution in [0, 0.1) is 12.8 Å². The fourth-order valence-electron chi connectivity index (χ4n) is 3.21. The summed E-state index contributed by atoms with van der Waals surface area (Å²) in [4.78, 5) is 9.07. The maximum atomic E-state index is 5.90. The van der Waals surface area contributed by atoms with E-state index in [2.05, 4.69) is 67.6 Å². The summed E-state index contributed by atoms with van der Waals surface area (Å²) in [5, 5.41) is 6.85. The first-order chi connectivity index (χ1) is 14.5. The van der Waals surface area contributed by atoms with E-state index >= 15 is 0 Å². The van der Waals surface area contributed by atoms with Crippen molar-refractivity contribution in [3.05, 3.63) is 59.4 Å². The van der Waals surface area contributed by atoms with E-state index in [-0.39, 0.29) is 24.0 Å². The number of aromatic nitrogens is 1. The lowest BCUT2D eigenvalue weighted by atomic mass is 9.89. The van der Waals surface area contributed by atoms with Gasteiger partial charge in [0.25, 0.3) is 0 Å². The Hall–Kier alpha value is -1.87. The molecule has 2 aromatic rings. The van der Waals surface area contributed by atoms with Gasteiger partial charge in [-0.1, -0.05) is 32.0 Å². The number of pyridine rings is 1. The van der Waals surface area contributed by atoms with Crippen molar-refractivity contribution in [1.82, 2.24) is 15.6 Å². The van der Waals surface area contributed by atoms with Crippen LogP contribution in [-0.2, 0) is 11.3 Å². The van der Waals surface area contributed by atoms with E-state index in [0.29, 0.717) is 31.6 Å². The number of ether oxygens (including phenoxy) is 2. The van der Waals surface area contributed by atoms with Gasteiger partial charge in [-0.05, 0) is 43.0 Å². The van der Waals surface area contributed by atoms with Crippen LogP contribution in [0.5, 0.6) is 5.75 Å². The van der Waals surface area contributed by atoms with Crippen LogP contribution in [0.3, 0.4) is 0 Å². The Morgan fingerprint density at radius 2 is 1.97 bits per heavy atom. The zero-order valence-corrected chi connectivity index (χ0v) is 21.7. The number of aryl methyl sites for hydroxylation is 1. The molecular formula is C24H37IN4O2. The largest absolute Gasteiger partial charge is 0.491 e. The van der Waals surface area contributed by atoms with E-state index in [1.165, 1.54) is 5.56 Å². The molecule has 172 valence electrons. The minimum Gasteiger partial charge on any atom is -0.491 e. The maximum absolute atomic E-state index is 5.90. The molecule has 0 spiro atoms. The first-order valence-electron chi connectivity index (χ1n) is 10.7. The van der Waals surface area contributed by atoms with Crippen LogP contribution in [0.1, 0.15) is 43.4 Å². The van der Waals surface area contributed by atoms with Crippen molar-refractivity contribution in [2.75, 3.05) is 33.4 Å². The Morgan fingerprint density at radius 1 is 1.16 bits per heavy atom. The average Bonchev–Trinajstić information content (AvgIpc) is 2.74. The molecule has 1 unspecified atom stereocenters. The SMILES string of the molecule is CCNC(=NCc1ccc(C)cc1OCCOC)NCC(c1cccnc1)C(C)C.I. The van der Waals surface area contributed by atoms with E-state index in [1.807, 2.05) is 18.5 Å². The molecule has 0 radical (unpaired) electrons. The number of nitrogens with one attached hydrogen (secondary N) is 2. The van der Waals surface area contributed by atoms with Crippen molar-refractivity contribution in [3.63, 3.8) is 0 Å².